The first-order valence-electron chi connectivity index (χ1n) is 16.9. The Labute approximate surface area is 283 Å². The van der Waals surface area contributed by atoms with Gasteiger partial charge in [0.25, 0.3) is 5.91 Å². The van der Waals surface area contributed by atoms with E-state index in [1.165, 1.54) is 22.4 Å². The number of piperazine rings is 1. The summed E-state index contributed by atoms with van der Waals surface area (Å²) in [4.78, 5) is 20.9. The predicted molar refractivity (Wildman–Crippen MR) is 179 cm³/mol. The maximum absolute atomic E-state index is 14.7. The number of nitrogens with zero attached hydrogens (tertiary/aromatic N) is 5. The number of hydrogen-bond donors (Lipinski definition) is 0. The van der Waals surface area contributed by atoms with Crippen LogP contribution in [0.5, 0.6) is 5.88 Å². The summed E-state index contributed by atoms with van der Waals surface area (Å²) in [6, 6.07) is 14.0. The quantitative estimate of drug-likeness (QED) is 0.239. The summed E-state index contributed by atoms with van der Waals surface area (Å²) in [5.41, 5.74) is 5.78. The normalized spacial score (nSPS) is 28.4. The molecule has 5 aliphatic rings. The Kier molecular flexibility index (Phi) is 7.60. The van der Waals surface area contributed by atoms with Crippen LogP contribution in [0.15, 0.2) is 42.7 Å². The second-order valence-corrected chi connectivity index (χ2v) is 14.8. The average molecular weight is 668 g/mol. The standard InChI is InChI=1S/C38H36ClF2N5O2/c1-21(40)37(47)46-11-10-45(19-26(46)7-9-42)35-30-15-32(39)29(27-6-2-4-22-12-23-13-28(23)34(22)27)16-33(30)44-36(31(35)18-43)48-20-38-8-3-5-24(38)14-25(41)17-38/h2,4,6,15-16,23-26,28H,1,3,5,7-8,10-14,17,19-20H2/t23?,24?,25-,26-,28?,38?/m0/s1. The van der Waals surface area contributed by atoms with Gasteiger partial charge in [0.05, 0.1) is 36.3 Å². The Morgan fingerprint density at radius 3 is 2.85 bits per heavy atom. The predicted octanol–water partition coefficient (Wildman–Crippen LogP) is 7.80. The van der Waals surface area contributed by atoms with E-state index in [-0.39, 0.29) is 55.4 Å². The lowest BCUT2D eigenvalue weighted by atomic mass is 9.81. The molecule has 2 aromatic carbocycles. The van der Waals surface area contributed by atoms with Gasteiger partial charge in [0.15, 0.2) is 5.83 Å². The van der Waals surface area contributed by atoms with Gasteiger partial charge in [0, 0.05) is 41.0 Å². The summed E-state index contributed by atoms with van der Waals surface area (Å²) in [5.74, 6) is -0.241. The molecule has 0 radical (unpaired) electrons. The van der Waals surface area contributed by atoms with Gasteiger partial charge in [0.1, 0.15) is 17.8 Å². The zero-order chi connectivity index (χ0) is 33.3. The van der Waals surface area contributed by atoms with Crippen molar-refractivity contribution in [1.29, 1.82) is 10.5 Å². The van der Waals surface area contributed by atoms with E-state index >= 15 is 0 Å². The second kappa shape index (κ2) is 11.7. The zero-order valence-corrected chi connectivity index (χ0v) is 27.4. The molecule has 6 atom stereocenters. The van der Waals surface area contributed by atoms with Crippen LogP contribution in [0.2, 0.25) is 5.02 Å². The lowest BCUT2D eigenvalue weighted by Gasteiger charge is -2.42. The van der Waals surface area contributed by atoms with Gasteiger partial charge in [0.2, 0.25) is 5.88 Å². The highest BCUT2D eigenvalue weighted by Crippen LogP contribution is 2.59. The molecule has 7 nitrogen and oxygen atoms in total. The Balaban J connectivity index is 1.25. The van der Waals surface area contributed by atoms with Gasteiger partial charge < -0.3 is 14.5 Å². The number of nitriles is 2. The first-order valence-corrected chi connectivity index (χ1v) is 17.3. The fourth-order valence-corrected chi connectivity index (χ4v) is 9.73. The Morgan fingerprint density at radius 2 is 2.06 bits per heavy atom. The highest BCUT2D eigenvalue weighted by molar-refractivity contribution is 6.34. The molecule has 1 aromatic heterocycles. The number of hydrogen-bond acceptors (Lipinski definition) is 6. The molecular formula is C38H36ClF2N5O2. The Morgan fingerprint density at radius 1 is 1.21 bits per heavy atom. The van der Waals surface area contributed by atoms with Crippen LogP contribution in [-0.2, 0) is 11.2 Å². The minimum atomic E-state index is -1.08. The maximum atomic E-state index is 14.7. The number of pyridine rings is 1. The summed E-state index contributed by atoms with van der Waals surface area (Å²) >= 11 is 7.10. The van der Waals surface area contributed by atoms with Crippen molar-refractivity contribution >= 4 is 34.1 Å². The van der Waals surface area contributed by atoms with Gasteiger partial charge in [-0.3, -0.25) is 4.79 Å². The summed E-state index contributed by atoms with van der Waals surface area (Å²) in [6.45, 7) is 4.04. The molecule has 1 amide bonds. The molecule has 3 aromatic rings. The molecule has 246 valence electrons. The third-order valence-electron chi connectivity index (χ3n) is 11.8. The van der Waals surface area contributed by atoms with E-state index in [1.54, 1.807) is 0 Å². The van der Waals surface area contributed by atoms with Crippen molar-refractivity contribution in [2.24, 2.45) is 17.3 Å². The van der Waals surface area contributed by atoms with Gasteiger partial charge >= 0.3 is 0 Å². The summed E-state index contributed by atoms with van der Waals surface area (Å²) < 4.78 is 35.1. The number of carbonyl (C=O) groups is 1. The number of carbonyl (C=O) groups excluding carboxylic acids is 1. The fourth-order valence-electron chi connectivity index (χ4n) is 9.46. The van der Waals surface area contributed by atoms with Gasteiger partial charge in [-0.1, -0.05) is 42.8 Å². The van der Waals surface area contributed by atoms with E-state index in [0.717, 1.165) is 36.8 Å². The molecule has 4 unspecified atom stereocenters. The molecule has 8 rings (SSSR count). The van der Waals surface area contributed by atoms with Gasteiger partial charge in [-0.15, -0.1) is 0 Å². The van der Waals surface area contributed by atoms with Crippen molar-refractivity contribution in [2.45, 2.75) is 69.5 Å². The smallest absolute Gasteiger partial charge is 0.282 e. The number of rotatable bonds is 7. The molecule has 3 saturated carbocycles. The first-order chi connectivity index (χ1) is 23.2. The minimum Gasteiger partial charge on any atom is -0.476 e. The number of alkyl halides is 1. The molecule has 1 aliphatic heterocycles. The Bertz CT molecular complexity index is 1950. The maximum Gasteiger partial charge on any atom is 0.282 e. The number of ether oxygens (including phenoxy) is 1. The van der Waals surface area contributed by atoms with Crippen LogP contribution >= 0.6 is 11.6 Å². The lowest BCUT2D eigenvalue weighted by molar-refractivity contribution is -0.131. The van der Waals surface area contributed by atoms with E-state index in [0.29, 0.717) is 46.3 Å². The van der Waals surface area contributed by atoms with Gasteiger partial charge in [-0.25, -0.2) is 13.8 Å². The monoisotopic (exact) mass is 667 g/mol. The highest BCUT2D eigenvalue weighted by atomic mass is 35.5. The van der Waals surface area contributed by atoms with Crippen molar-refractivity contribution < 1.29 is 18.3 Å². The van der Waals surface area contributed by atoms with Crippen molar-refractivity contribution in [3.05, 3.63) is 64.5 Å². The van der Waals surface area contributed by atoms with Crippen molar-refractivity contribution in [3.63, 3.8) is 0 Å². The summed E-state index contributed by atoms with van der Waals surface area (Å²) in [5, 5.41) is 21.5. The molecule has 4 aliphatic carbocycles. The molecule has 4 fully saturated rings. The van der Waals surface area contributed by atoms with Gasteiger partial charge in [-0.05, 0) is 85.1 Å². The SMILES string of the molecule is C=C(F)C(=O)N1CCN(c2c(C#N)c(OCC34CCCC3C[C@H](F)C4)nc3cc(-c4cccc5c4C4CC4C5)c(Cl)cc23)C[C@@H]1CC#N. The minimum absolute atomic E-state index is 0.0235. The van der Waals surface area contributed by atoms with Crippen LogP contribution in [0.3, 0.4) is 0 Å². The first kappa shape index (κ1) is 31.1. The average Bonchev–Trinajstić information content (AvgIpc) is 3.39. The van der Waals surface area contributed by atoms with Crippen molar-refractivity contribution in [3.8, 4) is 29.1 Å². The molecule has 10 heteroatoms. The van der Waals surface area contributed by atoms with E-state index < -0.39 is 23.9 Å². The number of aromatic nitrogens is 1. The summed E-state index contributed by atoms with van der Waals surface area (Å²) in [6.07, 6.45) is 5.29. The number of amides is 1. The number of anilines is 1. The van der Waals surface area contributed by atoms with Crippen molar-refractivity contribution in [1.82, 2.24) is 9.88 Å². The third-order valence-corrected chi connectivity index (χ3v) is 12.1. The lowest BCUT2D eigenvalue weighted by Crippen LogP contribution is -2.55. The zero-order valence-electron chi connectivity index (χ0n) is 26.7. The molecular weight excluding hydrogens is 632 g/mol. The van der Waals surface area contributed by atoms with Crippen LogP contribution in [0.1, 0.15) is 67.6 Å². The topological polar surface area (TPSA) is 93.2 Å². The van der Waals surface area contributed by atoms with Crippen LogP contribution in [0.25, 0.3) is 22.0 Å². The number of benzene rings is 2. The molecule has 0 N–H and O–H groups in total. The highest BCUT2D eigenvalue weighted by Gasteiger charge is 2.51. The molecule has 0 bridgehead atoms. The van der Waals surface area contributed by atoms with Crippen LogP contribution < -0.4 is 9.64 Å². The van der Waals surface area contributed by atoms with Crippen LogP contribution in [0.4, 0.5) is 14.5 Å². The summed E-state index contributed by atoms with van der Waals surface area (Å²) in [7, 11) is 0. The molecule has 0 spiro atoms. The second-order valence-electron chi connectivity index (χ2n) is 14.4. The Hall–Kier alpha value is -4.21. The largest absolute Gasteiger partial charge is 0.476 e. The molecule has 1 saturated heterocycles. The molecule has 48 heavy (non-hydrogen) atoms. The third kappa shape index (κ3) is 5.01. The van der Waals surface area contributed by atoms with Gasteiger partial charge in [-0.2, -0.15) is 10.5 Å². The fraction of sp³-hybridized carbons (Fsp3) is 0.474. The van der Waals surface area contributed by atoms with Crippen LogP contribution in [-0.4, -0.2) is 54.2 Å². The van der Waals surface area contributed by atoms with E-state index in [4.69, 9.17) is 21.3 Å². The molecule has 2 heterocycles. The van der Waals surface area contributed by atoms with E-state index in [9.17, 15) is 24.1 Å². The number of fused-ring (bicyclic) bond motifs is 5. The van der Waals surface area contributed by atoms with E-state index in [1.807, 2.05) is 17.0 Å². The van der Waals surface area contributed by atoms with Crippen LogP contribution in [0, 0.1) is 39.9 Å². The number of halogens is 3. The van der Waals surface area contributed by atoms with Crippen molar-refractivity contribution in [2.75, 3.05) is 31.1 Å². The van der Waals surface area contributed by atoms with E-state index in [2.05, 4.69) is 36.9 Å².